The molecule has 0 spiro atoms. The highest BCUT2D eigenvalue weighted by Gasteiger charge is 2.17. The van der Waals surface area contributed by atoms with E-state index >= 15 is 0 Å². The number of anilines is 1. The van der Waals surface area contributed by atoms with E-state index in [9.17, 15) is 0 Å². The molecule has 110 valence electrons. The maximum absolute atomic E-state index is 5.79. The second-order valence-electron chi connectivity index (χ2n) is 4.69. The summed E-state index contributed by atoms with van der Waals surface area (Å²) < 4.78 is 5.79. The standard InChI is InChI=1S/C14H22N4OS/c1-4-8-15-11(3)13-16-17-14(19-13)18(5-2)10-12-7-6-9-20-12/h6-7,9,11,15H,4-5,8,10H2,1-3H3. The van der Waals surface area contributed by atoms with Crippen LogP contribution in [0.1, 0.15) is 44.0 Å². The van der Waals surface area contributed by atoms with Crippen molar-refractivity contribution < 1.29 is 4.42 Å². The Hall–Kier alpha value is -1.40. The lowest BCUT2D eigenvalue weighted by Gasteiger charge is -2.16. The molecule has 0 fully saturated rings. The maximum atomic E-state index is 5.79. The molecule has 0 saturated carbocycles. The zero-order chi connectivity index (χ0) is 14.4. The van der Waals surface area contributed by atoms with Gasteiger partial charge >= 0.3 is 6.01 Å². The first-order chi connectivity index (χ1) is 9.74. The monoisotopic (exact) mass is 294 g/mol. The molecule has 0 amide bonds. The molecule has 1 atom stereocenters. The van der Waals surface area contributed by atoms with Gasteiger partial charge in [0.25, 0.3) is 0 Å². The number of nitrogens with zero attached hydrogens (tertiary/aromatic N) is 3. The molecule has 2 aromatic rings. The smallest absolute Gasteiger partial charge is 0.318 e. The van der Waals surface area contributed by atoms with Gasteiger partial charge in [-0.05, 0) is 38.3 Å². The van der Waals surface area contributed by atoms with Crippen LogP contribution in [0.5, 0.6) is 0 Å². The number of thiophene rings is 1. The fourth-order valence-electron chi connectivity index (χ4n) is 1.88. The Morgan fingerprint density at radius 2 is 2.25 bits per heavy atom. The molecule has 0 aliphatic heterocycles. The topological polar surface area (TPSA) is 54.2 Å². The molecular weight excluding hydrogens is 272 g/mol. The average Bonchev–Trinajstić information content (AvgIpc) is 3.13. The van der Waals surface area contributed by atoms with Crippen LogP contribution in [0.3, 0.4) is 0 Å². The first-order valence-electron chi connectivity index (χ1n) is 7.08. The zero-order valence-corrected chi connectivity index (χ0v) is 13.1. The SMILES string of the molecule is CCCNC(C)c1nnc(N(CC)Cc2cccs2)o1. The summed E-state index contributed by atoms with van der Waals surface area (Å²) in [4.78, 5) is 3.39. The predicted octanol–water partition coefficient (Wildman–Crippen LogP) is 3.22. The number of hydrogen-bond acceptors (Lipinski definition) is 6. The number of rotatable bonds is 8. The molecule has 0 aliphatic rings. The minimum Gasteiger partial charge on any atom is -0.406 e. The first kappa shape index (κ1) is 15.0. The lowest BCUT2D eigenvalue weighted by molar-refractivity contribution is 0.414. The number of aromatic nitrogens is 2. The predicted molar refractivity (Wildman–Crippen MR) is 82.0 cm³/mol. The summed E-state index contributed by atoms with van der Waals surface area (Å²) >= 11 is 1.74. The third-order valence-corrected chi connectivity index (χ3v) is 3.94. The molecule has 0 saturated heterocycles. The van der Waals surface area contributed by atoms with Gasteiger partial charge < -0.3 is 14.6 Å². The second kappa shape index (κ2) is 7.40. The molecule has 1 N–H and O–H groups in total. The first-order valence-corrected chi connectivity index (χ1v) is 7.96. The normalized spacial score (nSPS) is 12.6. The quantitative estimate of drug-likeness (QED) is 0.810. The average molecular weight is 294 g/mol. The third kappa shape index (κ3) is 3.80. The minimum atomic E-state index is 0.0941. The van der Waals surface area contributed by atoms with E-state index in [-0.39, 0.29) is 6.04 Å². The zero-order valence-electron chi connectivity index (χ0n) is 12.3. The Labute approximate surface area is 124 Å². The van der Waals surface area contributed by atoms with Crippen LogP contribution in [0.4, 0.5) is 6.01 Å². The molecule has 2 heterocycles. The van der Waals surface area contributed by atoms with E-state index in [0.29, 0.717) is 11.9 Å². The molecule has 2 aromatic heterocycles. The van der Waals surface area contributed by atoms with Crippen molar-refractivity contribution in [2.75, 3.05) is 18.0 Å². The molecule has 6 heteroatoms. The van der Waals surface area contributed by atoms with E-state index in [4.69, 9.17) is 4.42 Å². The van der Waals surface area contributed by atoms with Crippen molar-refractivity contribution in [2.45, 2.75) is 39.8 Å². The van der Waals surface area contributed by atoms with Crippen molar-refractivity contribution >= 4 is 17.4 Å². The highest BCUT2D eigenvalue weighted by Crippen LogP contribution is 2.20. The molecule has 2 rings (SSSR count). The maximum Gasteiger partial charge on any atom is 0.318 e. The van der Waals surface area contributed by atoms with Gasteiger partial charge in [0.05, 0.1) is 12.6 Å². The molecule has 0 bridgehead atoms. The Bertz CT molecular complexity index is 497. The molecule has 1 unspecified atom stereocenters. The molecular formula is C14H22N4OS. The van der Waals surface area contributed by atoms with Gasteiger partial charge in [0, 0.05) is 11.4 Å². The summed E-state index contributed by atoms with van der Waals surface area (Å²) in [6.45, 7) is 8.88. The van der Waals surface area contributed by atoms with Crippen molar-refractivity contribution in [3.63, 3.8) is 0 Å². The third-order valence-electron chi connectivity index (χ3n) is 3.08. The molecule has 5 nitrogen and oxygen atoms in total. The van der Waals surface area contributed by atoms with Crippen LogP contribution >= 0.6 is 11.3 Å². The van der Waals surface area contributed by atoms with Crippen LogP contribution in [0, 0.1) is 0 Å². The fourth-order valence-corrected chi connectivity index (χ4v) is 2.60. The van der Waals surface area contributed by atoms with E-state index in [1.54, 1.807) is 11.3 Å². The van der Waals surface area contributed by atoms with Gasteiger partial charge in [-0.1, -0.05) is 18.1 Å². The van der Waals surface area contributed by atoms with Crippen LogP contribution < -0.4 is 10.2 Å². The minimum absolute atomic E-state index is 0.0941. The Balaban J connectivity index is 2.02. The summed E-state index contributed by atoms with van der Waals surface area (Å²) in [5.74, 6) is 0.651. The van der Waals surface area contributed by atoms with Crippen molar-refractivity contribution in [1.29, 1.82) is 0 Å². The van der Waals surface area contributed by atoms with Crippen LogP contribution in [-0.4, -0.2) is 23.3 Å². The molecule has 0 aromatic carbocycles. The van der Waals surface area contributed by atoms with Crippen molar-refractivity contribution in [3.8, 4) is 0 Å². The highest BCUT2D eigenvalue weighted by atomic mass is 32.1. The Morgan fingerprint density at radius 3 is 2.90 bits per heavy atom. The van der Waals surface area contributed by atoms with Gasteiger partial charge in [-0.25, -0.2) is 0 Å². The Morgan fingerprint density at radius 1 is 1.40 bits per heavy atom. The summed E-state index contributed by atoms with van der Waals surface area (Å²) in [6.07, 6.45) is 1.09. The summed E-state index contributed by atoms with van der Waals surface area (Å²) in [5, 5.41) is 13.8. The Kier molecular flexibility index (Phi) is 5.55. The fraction of sp³-hybridized carbons (Fsp3) is 0.571. The summed E-state index contributed by atoms with van der Waals surface area (Å²) in [7, 11) is 0. The van der Waals surface area contributed by atoms with Crippen molar-refractivity contribution in [2.24, 2.45) is 0 Å². The van der Waals surface area contributed by atoms with Gasteiger partial charge in [-0.3, -0.25) is 0 Å². The van der Waals surface area contributed by atoms with Gasteiger partial charge in [0.1, 0.15) is 0 Å². The molecule has 20 heavy (non-hydrogen) atoms. The molecule has 0 aliphatic carbocycles. The van der Waals surface area contributed by atoms with Crippen LogP contribution in [0.15, 0.2) is 21.9 Å². The lowest BCUT2D eigenvalue weighted by Crippen LogP contribution is -2.22. The van der Waals surface area contributed by atoms with E-state index < -0.39 is 0 Å². The molecule has 0 radical (unpaired) electrons. The van der Waals surface area contributed by atoms with Crippen molar-refractivity contribution in [3.05, 3.63) is 28.3 Å². The number of hydrogen-bond donors (Lipinski definition) is 1. The lowest BCUT2D eigenvalue weighted by atomic mass is 10.3. The van der Waals surface area contributed by atoms with Crippen molar-refractivity contribution in [1.82, 2.24) is 15.5 Å². The van der Waals surface area contributed by atoms with Crippen LogP contribution in [0.2, 0.25) is 0 Å². The van der Waals surface area contributed by atoms with Gasteiger partial charge in [0.15, 0.2) is 0 Å². The largest absolute Gasteiger partial charge is 0.406 e. The van der Waals surface area contributed by atoms with E-state index in [0.717, 1.165) is 26.1 Å². The van der Waals surface area contributed by atoms with Gasteiger partial charge in [-0.15, -0.1) is 16.4 Å². The van der Waals surface area contributed by atoms with Crippen LogP contribution in [-0.2, 0) is 6.54 Å². The van der Waals surface area contributed by atoms with E-state index in [1.165, 1.54) is 4.88 Å². The summed E-state index contributed by atoms with van der Waals surface area (Å²) in [6, 6.07) is 4.87. The van der Waals surface area contributed by atoms with Gasteiger partial charge in [0.2, 0.25) is 5.89 Å². The summed E-state index contributed by atoms with van der Waals surface area (Å²) in [5.41, 5.74) is 0. The van der Waals surface area contributed by atoms with E-state index in [2.05, 4.69) is 51.8 Å². The second-order valence-corrected chi connectivity index (χ2v) is 5.72. The highest BCUT2D eigenvalue weighted by molar-refractivity contribution is 7.09. The van der Waals surface area contributed by atoms with Gasteiger partial charge in [-0.2, -0.15) is 0 Å². The number of nitrogens with one attached hydrogen (secondary N) is 1. The van der Waals surface area contributed by atoms with E-state index in [1.807, 2.05) is 6.92 Å². The van der Waals surface area contributed by atoms with Crippen LogP contribution in [0.25, 0.3) is 0 Å².